The van der Waals surface area contributed by atoms with E-state index in [1.54, 1.807) is 0 Å². The molecule has 1 unspecified atom stereocenters. The first-order valence-electron chi connectivity index (χ1n) is 5.61. The third kappa shape index (κ3) is 2.45. The summed E-state index contributed by atoms with van der Waals surface area (Å²) in [5.41, 5.74) is 0. The lowest BCUT2D eigenvalue weighted by atomic mass is 10.1. The Bertz CT molecular complexity index is 181. The van der Waals surface area contributed by atoms with E-state index in [1.807, 2.05) is 0 Å². The molecule has 2 aliphatic rings. The van der Waals surface area contributed by atoms with Gasteiger partial charge in [-0.3, -0.25) is 0 Å². The van der Waals surface area contributed by atoms with E-state index in [0.29, 0.717) is 0 Å². The number of aliphatic hydroxyl groups excluding tert-OH is 2. The van der Waals surface area contributed by atoms with Crippen molar-refractivity contribution in [1.82, 2.24) is 10.0 Å². The topological polar surface area (TPSA) is 46.9 Å². The molecule has 2 rings (SSSR count). The van der Waals surface area contributed by atoms with Crippen LogP contribution < -0.4 is 0 Å². The smallest absolute Gasteiger partial charge is 0.0681 e. The van der Waals surface area contributed by atoms with E-state index in [9.17, 15) is 10.2 Å². The molecule has 4 nitrogen and oxygen atoms in total. The first kappa shape index (κ1) is 10.4. The van der Waals surface area contributed by atoms with Gasteiger partial charge in [0, 0.05) is 26.2 Å². The molecule has 2 saturated heterocycles. The van der Waals surface area contributed by atoms with E-state index in [-0.39, 0.29) is 12.2 Å². The number of aliphatic hydroxyl groups is 2. The lowest BCUT2D eigenvalue weighted by Gasteiger charge is -2.41. The van der Waals surface area contributed by atoms with Crippen LogP contribution >= 0.6 is 0 Å². The summed E-state index contributed by atoms with van der Waals surface area (Å²) in [6.45, 7) is 3.71. The van der Waals surface area contributed by atoms with Crippen LogP contribution in [0.25, 0.3) is 0 Å². The Morgan fingerprint density at radius 1 is 0.786 bits per heavy atom. The SMILES string of the molecule is OC1CCN(N2CCCC(O)C2)CC1. The van der Waals surface area contributed by atoms with Gasteiger partial charge < -0.3 is 10.2 Å². The van der Waals surface area contributed by atoms with Gasteiger partial charge in [0.15, 0.2) is 0 Å². The van der Waals surface area contributed by atoms with Crippen molar-refractivity contribution in [2.45, 2.75) is 37.9 Å². The largest absolute Gasteiger partial charge is 0.393 e. The zero-order valence-electron chi connectivity index (χ0n) is 8.60. The molecule has 0 spiro atoms. The normalized spacial score (nSPS) is 33.4. The van der Waals surface area contributed by atoms with E-state index in [4.69, 9.17) is 0 Å². The molecule has 2 heterocycles. The first-order valence-corrected chi connectivity index (χ1v) is 5.61. The molecule has 0 aromatic rings. The van der Waals surface area contributed by atoms with E-state index < -0.39 is 0 Å². The lowest BCUT2D eigenvalue weighted by molar-refractivity contribution is -0.0994. The number of rotatable bonds is 1. The van der Waals surface area contributed by atoms with Gasteiger partial charge in [0.05, 0.1) is 12.2 Å². The molecule has 82 valence electrons. The molecule has 0 aromatic carbocycles. The van der Waals surface area contributed by atoms with Crippen molar-refractivity contribution < 1.29 is 10.2 Å². The van der Waals surface area contributed by atoms with Crippen molar-refractivity contribution in [2.75, 3.05) is 26.2 Å². The molecule has 0 bridgehead atoms. The van der Waals surface area contributed by atoms with Gasteiger partial charge in [-0.15, -0.1) is 0 Å². The summed E-state index contributed by atoms with van der Waals surface area (Å²) < 4.78 is 0. The van der Waals surface area contributed by atoms with Crippen LogP contribution in [0.15, 0.2) is 0 Å². The number of β-amino-alcohol motifs (C(OH)–C–C–N with tert-alkyl or cyclic N) is 1. The molecule has 0 saturated carbocycles. The Hall–Kier alpha value is -0.160. The maximum absolute atomic E-state index is 9.54. The Morgan fingerprint density at radius 2 is 1.50 bits per heavy atom. The second-order valence-corrected chi connectivity index (χ2v) is 4.39. The summed E-state index contributed by atoms with van der Waals surface area (Å²) in [5.74, 6) is 0. The van der Waals surface area contributed by atoms with Crippen LogP contribution in [0.2, 0.25) is 0 Å². The molecule has 14 heavy (non-hydrogen) atoms. The van der Waals surface area contributed by atoms with Gasteiger partial charge in [0.25, 0.3) is 0 Å². The number of hydrogen-bond donors (Lipinski definition) is 2. The summed E-state index contributed by atoms with van der Waals surface area (Å²) in [5, 5.41) is 23.5. The van der Waals surface area contributed by atoms with Crippen LogP contribution in [-0.4, -0.2) is 58.6 Å². The minimum Gasteiger partial charge on any atom is -0.393 e. The Balaban J connectivity index is 1.82. The number of hydrazine groups is 1. The van der Waals surface area contributed by atoms with Gasteiger partial charge in [-0.25, -0.2) is 10.0 Å². The van der Waals surface area contributed by atoms with Crippen LogP contribution in [0.4, 0.5) is 0 Å². The third-order valence-corrected chi connectivity index (χ3v) is 3.22. The fraction of sp³-hybridized carbons (Fsp3) is 1.00. The van der Waals surface area contributed by atoms with Crippen LogP contribution in [0.5, 0.6) is 0 Å². The maximum atomic E-state index is 9.54. The van der Waals surface area contributed by atoms with Gasteiger partial charge in [-0.2, -0.15) is 0 Å². The summed E-state index contributed by atoms with van der Waals surface area (Å²) >= 11 is 0. The first-order chi connectivity index (χ1) is 6.75. The molecule has 0 aliphatic carbocycles. The molecular formula is C10H20N2O2. The van der Waals surface area contributed by atoms with E-state index in [2.05, 4.69) is 10.0 Å². The average Bonchev–Trinajstić information content (AvgIpc) is 2.19. The Morgan fingerprint density at radius 3 is 2.14 bits per heavy atom. The minimum atomic E-state index is -0.157. The van der Waals surface area contributed by atoms with E-state index >= 15 is 0 Å². The minimum absolute atomic E-state index is 0.110. The molecule has 2 fully saturated rings. The van der Waals surface area contributed by atoms with Crippen molar-refractivity contribution in [3.05, 3.63) is 0 Å². The molecule has 4 heteroatoms. The Kier molecular flexibility index (Phi) is 3.38. The van der Waals surface area contributed by atoms with Crippen LogP contribution in [0.1, 0.15) is 25.7 Å². The molecule has 2 aliphatic heterocycles. The maximum Gasteiger partial charge on any atom is 0.0681 e. The molecule has 2 N–H and O–H groups in total. The zero-order chi connectivity index (χ0) is 9.97. The quantitative estimate of drug-likeness (QED) is 0.616. The zero-order valence-corrected chi connectivity index (χ0v) is 8.60. The summed E-state index contributed by atoms with van der Waals surface area (Å²) in [7, 11) is 0. The standard InChI is InChI=1S/C10H20N2O2/c13-9-3-6-11(7-4-9)12-5-1-2-10(14)8-12/h9-10,13-14H,1-8H2. The van der Waals surface area contributed by atoms with Crippen LogP contribution in [-0.2, 0) is 0 Å². The van der Waals surface area contributed by atoms with E-state index in [1.165, 1.54) is 0 Å². The highest BCUT2D eigenvalue weighted by Crippen LogP contribution is 2.17. The van der Waals surface area contributed by atoms with Gasteiger partial charge in [-0.1, -0.05) is 0 Å². The van der Waals surface area contributed by atoms with Gasteiger partial charge in [0.2, 0.25) is 0 Å². The van der Waals surface area contributed by atoms with E-state index in [0.717, 1.165) is 51.9 Å². The van der Waals surface area contributed by atoms with Gasteiger partial charge in [0.1, 0.15) is 0 Å². The van der Waals surface area contributed by atoms with Gasteiger partial charge in [-0.05, 0) is 25.7 Å². The number of hydrogen-bond acceptors (Lipinski definition) is 4. The highest BCUT2D eigenvalue weighted by Gasteiger charge is 2.26. The monoisotopic (exact) mass is 200 g/mol. The van der Waals surface area contributed by atoms with Crippen LogP contribution in [0.3, 0.4) is 0 Å². The Labute approximate surface area is 85.1 Å². The van der Waals surface area contributed by atoms with Crippen molar-refractivity contribution in [3.63, 3.8) is 0 Å². The molecular weight excluding hydrogens is 180 g/mol. The van der Waals surface area contributed by atoms with Gasteiger partial charge >= 0.3 is 0 Å². The molecule has 1 atom stereocenters. The predicted octanol–water partition coefficient (Wildman–Crippen LogP) is -0.185. The van der Waals surface area contributed by atoms with Crippen molar-refractivity contribution in [2.24, 2.45) is 0 Å². The van der Waals surface area contributed by atoms with Crippen molar-refractivity contribution >= 4 is 0 Å². The lowest BCUT2D eigenvalue weighted by Crippen LogP contribution is -2.52. The number of nitrogens with zero attached hydrogens (tertiary/aromatic N) is 2. The third-order valence-electron chi connectivity index (χ3n) is 3.22. The summed E-state index contributed by atoms with van der Waals surface area (Å²) in [4.78, 5) is 0. The second kappa shape index (κ2) is 4.57. The fourth-order valence-electron chi connectivity index (χ4n) is 2.33. The molecule has 0 radical (unpaired) electrons. The van der Waals surface area contributed by atoms with Crippen molar-refractivity contribution in [1.29, 1.82) is 0 Å². The summed E-state index contributed by atoms with van der Waals surface area (Å²) in [6, 6.07) is 0. The van der Waals surface area contributed by atoms with Crippen molar-refractivity contribution in [3.8, 4) is 0 Å². The highest BCUT2D eigenvalue weighted by molar-refractivity contribution is 4.75. The summed E-state index contributed by atoms with van der Waals surface area (Å²) in [6.07, 6.45) is 3.49. The fourth-order valence-corrected chi connectivity index (χ4v) is 2.33. The molecule has 0 aromatic heterocycles. The predicted molar refractivity (Wildman–Crippen MR) is 53.6 cm³/mol. The molecule has 0 amide bonds. The average molecular weight is 200 g/mol. The number of piperidine rings is 2. The highest BCUT2D eigenvalue weighted by atomic mass is 16.3. The van der Waals surface area contributed by atoms with Crippen LogP contribution in [0, 0.1) is 0 Å². The second-order valence-electron chi connectivity index (χ2n) is 4.39.